The summed E-state index contributed by atoms with van der Waals surface area (Å²) in [5.41, 5.74) is 6.74. The van der Waals surface area contributed by atoms with E-state index >= 15 is 0 Å². The van der Waals surface area contributed by atoms with E-state index in [4.69, 9.17) is 5.73 Å². The van der Waals surface area contributed by atoms with Gasteiger partial charge >= 0.3 is 0 Å². The highest BCUT2D eigenvalue weighted by molar-refractivity contribution is 9.10. The second-order valence-corrected chi connectivity index (χ2v) is 6.33. The van der Waals surface area contributed by atoms with E-state index in [2.05, 4.69) is 51.6 Å². The van der Waals surface area contributed by atoms with Crippen molar-refractivity contribution in [3.63, 3.8) is 0 Å². The third kappa shape index (κ3) is 3.35. The van der Waals surface area contributed by atoms with Crippen molar-refractivity contribution in [2.24, 2.45) is 5.73 Å². The Kier molecular flexibility index (Phi) is 4.46. The predicted molar refractivity (Wildman–Crippen MR) is 75.9 cm³/mol. The van der Waals surface area contributed by atoms with Gasteiger partial charge in [0.2, 0.25) is 0 Å². The normalized spacial score (nSPS) is 10.6. The van der Waals surface area contributed by atoms with Gasteiger partial charge in [-0.25, -0.2) is 0 Å². The van der Waals surface area contributed by atoms with Gasteiger partial charge in [0.1, 0.15) is 0 Å². The number of rotatable bonds is 4. The number of hydrogen-bond acceptors (Lipinski definition) is 3. The number of nitrogens with two attached hydrogens (primary N) is 1. The van der Waals surface area contributed by atoms with Crippen LogP contribution in [-0.4, -0.2) is 0 Å². The Labute approximate surface area is 112 Å². The highest BCUT2D eigenvalue weighted by atomic mass is 79.9. The molecule has 16 heavy (non-hydrogen) atoms. The van der Waals surface area contributed by atoms with E-state index in [-0.39, 0.29) is 0 Å². The Balaban J connectivity index is 1.94. The zero-order chi connectivity index (χ0) is 11.4. The average molecular weight is 314 g/mol. The highest BCUT2D eigenvalue weighted by Crippen LogP contribution is 2.28. The second-order valence-electron chi connectivity index (χ2n) is 3.37. The molecule has 1 heterocycles. The lowest BCUT2D eigenvalue weighted by Crippen LogP contribution is -1.94. The summed E-state index contributed by atoms with van der Waals surface area (Å²) in [7, 11) is 0. The largest absolute Gasteiger partial charge is 0.326 e. The molecule has 0 atom stereocenters. The number of hydrogen-bond donors (Lipinski definition) is 1. The molecule has 0 saturated heterocycles. The summed E-state index contributed by atoms with van der Waals surface area (Å²) in [4.78, 5) is 2.68. The standard InChI is InChI=1S/C12H12BrNS2/c13-10-5-12(15-7-10)8-16-11-3-1-9(6-14)2-4-11/h1-5,7H,6,8,14H2. The summed E-state index contributed by atoms with van der Waals surface area (Å²) >= 11 is 7.11. The van der Waals surface area contributed by atoms with Crippen molar-refractivity contribution in [1.82, 2.24) is 0 Å². The van der Waals surface area contributed by atoms with Gasteiger partial charge in [0, 0.05) is 31.9 Å². The SMILES string of the molecule is NCc1ccc(SCc2cc(Br)cs2)cc1. The van der Waals surface area contributed by atoms with Gasteiger partial charge in [0.15, 0.2) is 0 Å². The van der Waals surface area contributed by atoms with E-state index in [9.17, 15) is 0 Å². The first-order valence-corrected chi connectivity index (χ1v) is 7.58. The van der Waals surface area contributed by atoms with Crippen LogP contribution in [0.25, 0.3) is 0 Å². The third-order valence-electron chi connectivity index (χ3n) is 2.16. The van der Waals surface area contributed by atoms with Crippen molar-refractivity contribution in [2.75, 3.05) is 0 Å². The predicted octanol–water partition coefficient (Wildman–Crippen LogP) is 4.26. The molecule has 0 amide bonds. The Hall–Kier alpha value is -0.290. The summed E-state index contributed by atoms with van der Waals surface area (Å²) in [5.74, 6) is 1.03. The molecule has 4 heteroatoms. The molecule has 1 aromatic heterocycles. The van der Waals surface area contributed by atoms with E-state index in [0.717, 1.165) is 5.75 Å². The fourth-order valence-corrected chi connectivity index (χ4v) is 3.71. The van der Waals surface area contributed by atoms with E-state index in [1.54, 1.807) is 11.3 Å². The van der Waals surface area contributed by atoms with Crippen molar-refractivity contribution >= 4 is 39.0 Å². The van der Waals surface area contributed by atoms with Crippen LogP contribution in [-0.2, 0) is 12.3 Å². The zero-order valence-electron chi connectivity index (χ0n) is 8.65. The van der Waals surface area contributed by atoms with E-state index in [0.29, 0.717) is 6.54 Å². The molecule has 0 unspecified atom stereocenters. The first-order valence-electron chi connectivity index (χ1n) is 4.92. The molecule has 2 rings (SSSR count). The van der Waals surface area contributed by atoms with Gasteiger partial charge < -0.3 is 5.73 Å². The Morgan fingerprint density at radius 2 is 2.00 bits per heavy atom. The minimum absolute atomic E-state index is 0.614. The number of halogens is 1. The van der Waals surface area contributed by atoms with Crippen LogP contribution in [0.5, 0.6) is 0 Å². The average Bonchev–Trinajstić information content (AvgIpc) is 2.73. The van der Waals surface area contributed by atoms with Gasteiger partial charge in [-0.3, -0.25) is 0 Å². The first kappa shape index (κ1) is 12.2. The van der Waals surface area contributed by atoms with Crippen LogP contribution in [0, 0.1) is 0 Å². The monoisotopic (exact) mass is 313 g/mol. The Bertz CT molecular complexity index is 450. The summed E-state index contributed by atoms with van der Waals surface area (Å²) in [6, 6.07) is 10.6. The van der Waals surface area contributed by atoms with Crippen LogP contribution >= 0.6 is 39.0 Å². The van der Waals surface area contributed by atoms with Crippen molar-refractivity contribution in [2.45, 2.75) is 17.2 Å². The quantitative estimate of drug-likeness (QED) is 0.853. The van der Waals surface area contributed by atoms with Crippen molar-refractivity contribution in [3.05, 3.63) is 50.6 Å². The van der Waals surface area contributed by atoms with Gasteiger partial charge in [0.25, 0.3) is 0 Å². The van der Waals surface area contributed by atoms with Crippen LogP contribution in [0.3, 0.4) is 0 Å². The lowest BCUT2D eigenvalue weighted by atomic mass is 10.2. The molecule has 0 radical (unpaired) electrons. The Morgan fingerprint density at radius 3 is 2.56 bits per heavy atom. The van der Waals surface area contributed by atoms with Gasteiger partial charge in [-0.15, -0.1) is 23.1 Å². The van der Waals surface area contributed by atoms with E-state index in [1.165, 1.54) is 19.8 Å². The number of thioether (sulfide) groups is 1. The first-order chi connectivity index (χ1) is 7.78. The van der Waals surface area contributed by atoms with Gasteiger partial charge in [-0.05, 0) is 39.7 Å². The van der Waals surface area contributed by atoms with Gasteiger partial charge in [0.05, 0.1) is 0 Å². The van der Waals surface area contributed by atoms with Crippen LogP contribution in [0.2, 0.25) is 0 Å². The molecule has 0 bridgehead atoms. The van der Waals surface area contributed by atoms with Crippen LogP contribution < -0.4 is 5.73 Å². The topological polar surface area (TPSA) is 26.0 Å². The molecular weight excluding hydrogens is 302 g/mol. The molecule has 0 aliphatic carbocycles. The molecule has 84 valence electrons. The lowest BCUT2D eigenvalue weighted by molar-refractivity contribution is 1.07. The van der Waals surface area contributed by atoms with Crippen LogP contribution in [0.4, 0.5) is 0 Å². The van der Waals surface area contributed by atoms with Crippen molar-refractivity contribution < 1.29 is 0 Å². The molecule has 0 fully saturated rings. The maximum absolute atomic E-state index is 5.56. The third-order valence-corrected chi connectivity index (χ3v) is 5.10. The maximum atomic E-state index is 5.56. The van der Waals surface area contributed by atoms with Gasteiger partial charge in [-0.2, -0.15) is 0 Å². The number of thiophene rings is 1. The molecule has 2 aromatic rings. The fourth-order valence-electron chi connectivity index (χ4n) is 1.31. The molecule has 1 aromatic carbocycles. The maximum Gasteiger partial charge on any atom is 0.0326 e. The molecule has 0 aliphatic heterocycles. The molecule has 0 saturated carbocycles. The minimum atomic E-state index is 0.614. The zero-order valence-corrected chi connectivity index (χ0v) is 11.9. The second kappa shape index (κ2) is 5.87. The minimum Gasteiger partial charge on any atom is -0.326 e. The molecule has 1 nitrogen and oxygen atoms in total. The van der Waals surface area contributed by atoms with E-state index < -0.39 is 0 Å². The lowest BCUT2D eigenvalue weighted by Gasteiger charge is -2.01. The summed E-state index contributed by atoms with van der Waals surface area (Å²) < 4.78 is 1.17. The van der Waals surface area contributed by atoms with Gasteiger partial charge in [-0.1, -0.05) is 12.1 Å². The smallest absolute Gasteiger partial charge is 0.0326 e. The van der Waals surface area contributed by atoms with Crippen molar-refractivity contribution in [1.29, 1.82) is 0 Å². The molecule has 0 spiro atoms. The summed E-state index contributed by atoms with van der Waals surface area (Å²) in [5, 5.41) is 2.12. The fraction of sp³-hybridized carbons (Fsp3) is 0.167. The van der Waals surface area contributed by atoms with E-state index in [1.807, 2.05) is 11.8 Å². The molecular formula is C12H12BrNS2. The number of benzene rings is 1. The molecule has 0 aliphatic rings. The Morgan fingerprint density at radius 1 is 1.25 bits per heavy atom. The summed E-state index contributed by atoms with van der Waals surface area (Å²) in [6.07, 6.45) is 0. The van der Waals surface area contributed by atoms with Crippen LogP contribution in [0.1, 0.15) is 10.4 Å². The molecule has 2 N–H and O–H groups in total. The van der Waals surface area contributed by atoms with Crippen molar-refractivity contribution in [3.8, 4) is 0 Å². The van der Waals surface area contributed by atoms with Crippen LogP contribution in [0.15, 0.2) is 45.1 Å². The summed E-state index contributed by atoms with van der Waals surface area (Å²) in [6.45, 7) is 0.614. The highest BCUT2D eigenvalue weighted by Gasteiger charge is 1.99.